The van der Waals surface area contributed by atoms with E-state index in [-0.39, 0.29) is 11.0 Å². The summed E-state index contributed by atoms with van der Waals surface area (Å²) in [6, 6.07) is 27.2. The first-order chi connectivity index (χ1) is 18.8. The molecule has 39 heavy (non-hydrogen) atoms. The van der Waals surface area contributed by atoms with Gasteiger partial charge in [0.05, 0.1) is 36.5 Å². The van der Waals surface area contributed by atoms with E-state index in [1.54, 1.807) is 24.9 Å². The fraction of sp³-hybridized carbons (Fsp3) is 0.182. The van der Waals surface area contributed by atoms with Crippen molar-refractivity contribution in [2.75, 3.05) is 14.2 Å². The Bertz CT molecular complexity index is 1750. The average molecular weight is 518 g/mol. The van der Waals surface area contributed by atoms with Crippen molar-refractivity contribution in [3.05, 3.63) is 112 Å². The molecule has 0 aliphatic rings. The van der Waals surface area contributed by atoms with E-state index in [0.29, 0.717) is 28.3 Å². The van der Waals surface area contributed by atoms with Crippen molar-refractivity contribution in [1.29, 1.82) is 0 Å². The van der Waals surface area contributed by atoms with Gasteiger partial charge >= 0.3 is 0 Å². The number of methoxy groups -OCH3 is 2. The first-order valence-electron chi connectivity index (χ1n) is 12.8. The molecule has 3 aromatic carbocycles. The molecule has 0 N–H and O–H groups in total. The SMILES string of the molecule is COc1cccc(-c2ccc3nc(/C=C/c4cccc(OC)n4)n(-c4cccc(C(C)(C)C)c4)c(=O)c3c2)c1. The number of aromatic nitrogens is 3. The average Bonchev–Trinajstić information content (AvgIpc) is 2.95. The van der Waals surface area contributed by atoms with Crippen LogP contribution in [0, 0.1) is 0 Å². The van der Waals surface area contributed by atoms with E-state index in [9.17, 15) is 4.79 Å². The molecule has 5 aromatic rings. The number of ether oxygens (including phenoxy) is 2. The Balaban J connectivity index is 1.72. The molecule has 0 aliphatic heterocycles. The van der Waals surface area contributed by atoms with Gasteiger partial charge in [-0.3, -0.25) is 9.36 Å². The fourth-order valence-electron chi connectivity index (χ4n) is 4.45. The zero-order valence-corrected chi connectivity index (χ0v) is 22.8. The van der Waals surface area contributed by atoms with Gasteiger partial charge in [-0.05, 0) is 76.7 Å². The number of pyridine rings is 1. The van der Waals surface area contributed by atoms with Crippen LogP contribution in [0.4, 0.5) is 0 Å². The van der Waals surface area contributed by atoms with Crippen LogP contribution in [0.15, 0.2) is 89.7 Å². The number of rotatable bonds is 6. The summed E-state index contributed by atoms with van der Waals surface area (Å²) in [4.78, 5) is 23.5. The molecule has 6 heteroatoms. The van der Waals surface area contributed by atoms with Crippen molar-refractivity contribution in [1.82, 2.24) is 14.5 Å². The topological polar surface area (TPSA) is 66.2 Å². The van der Waals surface area contributed by atoms with E-state index in [2.05, 4.69) is 37.9 Å². The molecule has 0 radical (unpaired) electrons. The van der Waals surface area contributed by atoms with Gasteiger partial charge in [0, 0.05) is 6.07 Å². The van der Waals surface area contributed by atoms with Crippen molar-refractivity contribution in [2.24, 2.45) is 0 Å². The summed E-state index contributed by atoms with van der Waals surface area (Å²) in [7, 11) is 3.23. The van der Waals surface area contributed by atoms with Crippen LogP contribution >= 0.6 is 0 Å². The third-order valence-corrected chi connectivity index (χ3v) is 6.62. The minimum absolute atomic E-state index is 0.0794. The Morgan fingerprint density at radius 1 is 0.769 bits per heavy atom. The number of benzene rings is 3. The Kier molecular flexibility index (Phi) is 7.03. The molecule has 0 fully saturated rings. The Morgan fingerprint density at radius 3 is 2.31 bits per heavy atom. The first kappa shape index (κ1) is 25.9. The number of nitrogens with zero attached hydrogens (tertiary/aromatic N) is 3. The molecule has 0 aliphatic carbocycles. The van der Waals surface area contributed by atoms with Crippen LogP contribution < -0.4 is 15.0 Å². The number of hydrogen-bond acceptors (Lipinski definition) is 5. The molecule has 0 bridgehead atoms. The van der Waals surface area contributed by atoms with Crippen LogP contribution in [0.2, 0.25) is 0 Å². The highest BCUT2D eigenvalue weighted by atomic mass is 16.5. The van der Waals surface area contributed by atoms with Crippen molar-refractivity contribution < 1.29 is 9.47 Å². The molecule has 0 atom stereocenters. The molecule has 196 valence electrons. The highest BCUT2D eigenvalue weighted by Crippen LogP contribution is 2.28. The van der Waals surface area contributed by atoms with E-state index in [1.807, 2.05) is 78.9 Å². The predicted octanol–water partition coefficient (Wildman–Crippen LogP) is 6.93. The van der Waals surface area contributed by atoms with Crippen LogP contribution in [0.25, 0.3) is 39.9 Å². The molecule has 0 unspecified atom stereocenters. The van der Waals surface area contributed by atoms with Crippen molar-refractivity contribution in [3.8, 4) is 28.4 Å². The summed E-state index contributed by atoms with van der Waals surface area (Å²) in [5.41, 5.74) is 4.86. The smallest absolute Gasteiger partial charge is 0.266 e. The van der Waals surface area contributed by atoms with E-state index in [4.69, 9.17) is 14.5 Å². The van der Waals surface area contributed by atoms with Crippen LogP contribution in [0.1, 0.15) is 37.9 Å². The van der Waals surface area contributed by atoms with Gasteiger partial charge in [0.2, 0.25) is 5.88 Å². The van der Waals surface area contributed by atoms with Crippen LogP contribution in [0.5, 0.6) is 11.6 Å². The zero-order valence-electron chi connectivity index (χ0n) is 22.8. The molecule has 5 rings (SSSR count). The number of fused-ring (bicyclic) bond motifs is 1. The lowest BCUT2D eigenvalue weighted by atomic mass is 9.87. The molecule has 0 amide bonds. The lowest BCUT2D eigenvalue weighted by molar-refractivity contribution is 0.397. The van der Waals surface area contributed by atoms with Crippen molar-refractivity contribution in [2.45, 2.75) is 26.2 Å². The molecule has 0 saturated carbocycles. The lowest BCUT2D eigenvalue weighted by Gasteiger charge is -2.21. The summed E-state index contributed by atoms with van der Waals surface area (Å²) in [5, 5.41) is 0.535. The van der Waals surface area contributed by atoms with Crippen LogP contribution in [0.3, 0.4) is 0 Å². The van der Waals surface area contributed by atoms with E-state index in [0.717, 1.165) is 28.1 Å². The minimum atomic E-state index is -0.144. The van der Waals surface area contributed by atoms with E-state index < -0.39 is 0 Å². The van der Waals surface area contributed by atoms with Gasteiger partial charge in [-0.25, -0.2) is 9.97 Å². The quantitative estimate of drug-likeness (QED) is 0.244. The van der Waals surface area contributed by atoms with E-state index >= 15 is 0 Å². The Labute approximate surface area is 228 Å². The van der Waals surface area contributed by atoms with Gasteiger partial charge in [-0.15, -0.1) is 0 Å². The fourth-order valence-corrected chi connectivity index (χ4v) is 4.45. The maximum absolute atomic E-state index is 14.2. The maximum Gasteiger partial charge on any atom is 0.266 e. The third kappa shape index (κ3) is 5.46. The van der Waals surface area contributed by atoms with E-state index in [1.165, 1.54) is 0 Å². The molecule has 2 aromatic heterocycles. The largest absolute Gasteiger partial charge is 0.497 e. The molecule has 6 nitrogen and oxygen atoms in total. The normalized spacial score (nSPS) is 11.7. The van der Waals surface area contributed by atoms with Gasteiger partial charge in [-0.1, -0.05) is 57.2 Å². The van der Waals surface area contributed by atoms with Gasteiger partial charge in [0.25, 0.3) is 5.56 Å². The van der Waals surface area contributed by atoms with Gasteiger partial charge in [-0.2, -0.15) is 0 Å². The maximum atomic E-state index is 14.2. The molecule has 0 saturated heterocycles. The standard InChI is InChI=1S/C33H31N3O3/c1-33(2,3)24-10-7-12-26(21-24)36-30(18-16-25-11-8-14-31(34-25)39-5)35-29-17-15-23(20-28(29)32(36)37)22-9-6-13-27(19-22)38-4/h6-21H,1-5H3/b18-16+. The zero-order chi connectivity index (χ0) is 27.6. The molecule has 2 heterocycles. The Morgan fingerprint density at radius 2 is 1.54 bits per heavy atom. The molecule has 0 spiro atoms. The van der Waals surface area contributed by atoms with Gasteiger partial charge < -0.3 is 9.47 Å². The summed E-state index contributed by atoms with van der Waals surface area (Å²) < 4.78 is 12.3. The van der Waals surface area contributed by atoms with Crippen molar-refractivity contribution >= 4 is 23.1 Å². The summed E-state index contributed by atoms with van der Waals surface area (Å²) in [6.07, 6.45) is 3.66. The number of hydrogen-bond donors (Lipinski definition) is 0. The second-order valence-electron chi connectivity index (χ2n) is 10.3. The third-order valence-electron chi connectivity index (χ3n) is 6.62. The summed E-state index contributed by atoms with van der Waals surface area (Å²) >= 11 is 0. The van der Waals surface area contributed by atoms with Crippen LogP contribution in [-0.4, -0.2) is 28.8 Å². The van der Waals surface area contributed by atoms with Gasteiger partial charge in [0.15, 0.2) is 0 Å². The summed E-state index contributed by atoms with van der Waals surface area (Å²) in [6.45, 7) is 6.47. The Hall–Kier alpha value is -4.71. The van der Waals surface area contributed by atoms with Gasteiger partial charge in [0.1, 0.15) is 11.6 Å². The minimum Gasteiger partial charge on any atom is -0.497 e. The highest BCUT2D eigenvalue weighted by Gasteiger charge is 2.17. The van der Waals surface area contributed by atoms with Crippen LogP contribution in [-0.2, 0) is 5.41 Å². The summed E-state index contributed by atoms with van der Waals surface area (Å²) in [5.74, 6) is 1.79. The molecular weight excluding hydrogens is 486 g/mol. The van der Waals surface area contributed by atoms with Crippen molar-refractivity contribution in [3.63, 3.8) is 0 Å². The second-order valence-corrected chi connectivity index (χ2v) is 10.3. The second kappa shape index (κ2) is 10.6. The first-order valence-corrected chi connectivity index (χ1v) is 12.8. The lowest BCUT2D eigenvalue weighted by Crippen LogP contribution is -2.23. The molecular formula is C33H31N3O3. The predicted molar refractivity (Wildman–Crippen MR) is 158 cm³/mol. The monoisotopic (exact) mass is 517 g/mol. The highest BCUT2D eigenvalue weighted by molar-refractivity contribution is 5.85.